The molecule has 2 aromatic heterocycles. The molecule has 31 heavy (non-hydrogen) atoms. The fourth-order valence-corrected chi connectivity index (χ4v) is 4.13. The van der Waals surface area contributed by atoms with Gasteiger partial charge in [-0.15, -0.1) is 0 Å². The van der Waals surface area contributed by atoms with E-state index < -0.39 is 0 Å². The number of rotatable bonds is 5. The molecule has 1 aliphatic heterocycles. The summed E-state index contributed by atoms with van der Waals surface area (Å²) in [7, 11) is 0. The van der Waals surface area contributed by atoms with E-state index in [4.69, 9.17) is 14.5 Å². The topological polar surface area (TPSA) is 69.5 Å². The molecule has 1 amide bonds. The van der Waals surface area contributed by atoms with Gasteiger partial charge in [-0.2, -0.15) is 5.10 Å². The minimum atomic E-state index is -0.0144. The third kappa shape index (κ3) is 3.84. The molecule has 7 heteroatoms. The lowest BCUT2D eigenvalue weighted by molar-refractivity contribution is 0.0646. The van der Waals surface area contributed by atoms with Gasteiger partial charge in [0, 0.05) is 23.7 Å². The lowest BCUT2D eigenvalue weighted by atomic mass is 10.0. The Bertz CT molecular complexity index is 1110. The molecule has 0 unspecified atom stereocenters. The Balaban J connectivity index is 1.91. The number of nitrogens with zero attached hydrogens (tertiary/aromatic N) is 4. The highest BCUT2D eigenvalue weighted by atomic mass is 16.6. The van der Waals surface area contributed by atoms with Gasteiger partial charge < -0.3 is 14.4 Å². The number of carbonyl (C=O) groups is 1. The number of carbonyl (C=O) groups excluding carboxylic acids is 1. The van der Waals surface area contributed by atoms with Gasteiger partial charge in [-0.05, 0) is 65.8 Å². The Morgan fingerprint density at radius 1 is 1.00 bits per heavy atom. The molecule has 0 saturated carbocycles. The third-order valence-corrected chi connectivity index (χ3v) is 5.47. The van der Waals surface area contributed by atoms with Crippen molar-refractivity contribution in [1.29, 1.82) is 0 Å². The van der Waals surface area contributed by atoms with Crippen LogP contribution in [0.4, 0.5) is 0 Å². The highest BCUT2D eigenvalue weighted by Crippen LogP contribution is 2.35. The molecule has 0 aliphatic carbocycles. The molecule has 0 spiro atoms. The quantitative estimate of drug-likeness (QED) is 0.596. The number of amides is 1. The number of benzene rings is 1. The lowest BCUT2D eigenvalue weighted by Gasteiger charge is -2.31. The van der Waals surface area contributed by atoms with Crippen LogP contribution in [0.3, 0.4) is 0 Å². The Labute approximate surface area is 183 Å². The monoisotopic (exact) mass is 422 g/mol. The molecule has 0 atom stereocenters. The van der Waals surface area contributed by atoms with Crippen molar-refractivity contribution in [3.63, 3.8) is 0 Å². The van der Waals surface area contributed by atoms with Crippen LogP contribution in [0.15, 0.2) is 30.5 Å². The molecule has 0 N–H and O–H groups in total. The zero-order valence-corrected chi connectivity index (χ0v) is 19.0. The van der Waals surface area contributed by atoms with Crippen LogP contribution in [0.25, 0.3) is 22.3 Å². The van der Waals surface area contributed by atoms with Crippen molar-refractivity contribution in [2.45, 2.75) is 59.7 Å². The van der Waals surface area contributed by atoms with Gasteiger partial charge >= 0.3 is 0 Å². The Hall–Kier alpha value is -3.09. The molecule has 0 radical (unpaired) electrons. The zero-order chi connectivity index (χ0) is 22.3. The van der Waals surface area contributed by atoms with Gasteiger partial charge in [-0.1, -0.05) is 0 Å². The first-order chi connectivity index (χ1) is 14.8. The number of ether oxygens (including phenoxy) is 2. The van der Waals surface area contributed by atoms with Crippen LogP contribution in [0.2, 0.25) is 0 Å². The van der Waals surface area contributed by atoms with Crippen LogP contribution >= 0.6 is 0 Å². The van der Waals surface area contributed by atoms with E-state index in [1.165, 1.54) is 0 Å². The maximum Gasteiger partial charge on any atom is 0.255 e. The van der Waals surface area contributed by atoms with Crippen molar-refractivity contribution in [3.05, 3.63) is 36.0 Å². The summed E-state index contributed by atoms with van der Waals surface area (Å²) in [6.07, 6.45) is 1.75. The van der Waals surface area contributed by atoms with Gasteiger partial charge in [0.05, 0.1) is 22.8 Å². The molecule has 4 rings (SSSR count). The largest absolute Gasteiger partial charge is 0.486 e. The summed E-state index contributed by atoms with van der Waals surface area (Å²) in [5.74, 6) is 1.41. The molecule has 3 aromatic rings. The van der Waals surface area contributed by atoms with E-state index in [1.54, 1.807) is 6.20 Å². The van der Waals surface area contributed by atoms with Crippen LogP contribution in [0, 0.1) is 0 Å². The van der Waals surface area contributed by atoms with Gasteiger partial charge in [0.15, 0.2) is 17.1 Å². The van der Waals surface area contributed by atoms with Crippen molar-refractivity contribution < 1.29 is 14.3 Å². The maximum absolute atomic E-state index is 13.7. The second-order valence-electron chi connectivity index (χ2n) is 8.73. The third-order valence-electron chi connectivity index (χ3n) is 5.47. The number of hydrogen-bond donors (Lipinski definition) is 0. The van der Waals surface area contributed by atoms with Gasteiger partial charge in [0.2, 0.25) is 0 Å². The van der Waals surface area contributed by atoms with E-state index in [-0.39, 0.29) is 24.0 Å². The molecule has 0 fully saturated rings. The van der Waals surface area contributed by atoms with Crippen LogP contribution in [-0.4, -0.2) is 50.9 Å². The van der Waals surface area contributed by atoms with E-state index in [0.29, 0.717) is 35.9 Å². The first-order valence-corrected chi connectivity index (χ1v) is 10.9. The predicted octanol–water partition coefficient (Wildman–Crippen LogP) is 4.71. The van der Waals surface area contributed by atoms with Crippen molar-refractivity contribution in [2.75, 3.05) is 13.2 Å². The first-order valence-electron chi connectivity index (χ1n) is 10.9. The molecule has 1 aromatic carbocycles. The molecule has 0 saturated heterocycles. The van der Waals surface area contributed by atoms with Crippen LogP contribution in [0.1, 0.15) is 57.9 Å². The van der Waals surface area contributed by atoms with Crippen LogP contribution in [-0.2, 0) is 0 Å². The number of fused-ring (bicyclic) bond motifs is 2. The molecule has 1 aliphatic rings. The Kier molecular flexibility index (Phi) is 5.60. The fraction of sp³-hybridized carbons (Fsp3) is 0.458. The predicted molar refractivity (Wildman–Crippen MR) is 121 cm³/mol. The van der Waals surface area contributed by atoms with E-state index in [9.17, 15) is 4.79 Å². The first kappa shape index (κ1) is 21.2. The molecular formula is C24H30N4O3. The number of aromatic nitrogens is 3. The highest BCUT2D eigenvalue weighted by molar-refractivity contribution is 6.06. The van der Waals surface area contributed by atoms with Crippen molar-refractivity contribution >= 4 is 16.9 Å². The standard InChI is InChI=1S/C24H30N4O3/c1-14(2)27(15(3)4)24(29)18-12-20(26-23-19(18)13-25-28(23)16(5)6)17-7-8-21-22(11-17)31-10-9-30-21/h7-8,11-16H,9-10H2,1-6H3. The minimum absolute atomic E-state index is 0.0144. The second kappa shape index (κ2) is 8.21. The SMILES string of the molecule is CC(C)N(C(=O)c1cc(-c2ccc3c(c2)OCCO3)nc2c1cnn2C(C)C)C(C)C. The summed E-state index contributed by atoms with van der Waals surface area (Å²) in [6, 6.07) is 7.92. The van der Waals surface area contributed by atoms with Gasteiger partial charge in [0.1, 0.15) is 13.2 Å². The zero-order valence-electron chi connectivity index (χ0n) is 19.0. The second-order valence-corrected chi connectivity index (χ2v) is 8.73. The summed E-state index contributed by atoms with van der Waals surface area (Å²) in [5, 5.41) is 5.30. The molecule has 7 nitrogen and oxygen atoms in total. The van der Waals surface area contributed by atoms with Crippen LogP contribution in [0.5, 0.6) is 11.5 Å². The summed E-state index contributed by atoms with van der Waals surface area (Å²) >= 11 is 0. The van der Waals surface area contributed by atoms with Gasteiger partial charge in [-0.3, -0.25) is 4.79 Å². The molecule has 3 heterocycles. The van der Waals surface area contributed by atoms with Crippen molar-refractivity contribution in [3.8, 4) is 22.8 Å². The summed E-state index contributed by atoms with van der Waals surface area (Å²) in [4.78, 5) is 20.5. The van der Waals surface area contributed by atoms with Gasteiger partial charge in [-0.25, -0.2) is 9.67 Å². The maximum atomic E-state index is 13.7. The van der Waals surface area contributed by atoms with Crippen LogP contribution < -0.4 is 9.47 Å². The normalized spacial score (nSPS) is 13.5. The average Bonchev–Trinajstić information content (AvgIpc) is 3.16. The molecule has 0 bridgehead atoms. The van der Waals surface area contributed by atoms with Gasteiger partial charge in [0.25, 0.3) is 5.91 Å². The van der Waals surface area contributed by atoms with Crippen molar-refractivity contribution in [1.82, 2.24) is 19.7 Å². The average molecular weight is 423 g/mol. The van der Waals surface area contributed by atoms with Crippen molar-refractivity contribution in [2.24, 2.45) is 0 Å². The van der Waals surface area contributed by atoms with E-state index in [2.05, 4.69) is 18.9 Å². The Morgan fingerprint density at radius 3 is 2.32 bits per heavy atom. The lowest BCUT2D eigenvalue weighted by Crippen LogP contribution is -2.42. The Morgan fingerprint density at radius 2 is 1.68 bits per heavy atom. The number of hydrogen-bond acceptors (Lipinski definition) is 5. The molecule has 164 valence electrons. The fourth-order valence-electron chi connectivity index (χ4n) is 4.13. The number of pyridine rings is 1. The highest BCUT2D eigenvalue weighted by Gasteiger charge is 2.26. The molecular weight excluding hydrogens is 392 g/mol. The summed E-state index contributed by atoms with van der Waals surface area (Å²) in [6.45, 7) is 13.3. The minimum Gasteiger partial charge on any atom is -0.486 e. The van der Waals surface area contributed by atoms with E-state index in [1.807, 2.05) is 61.5 Å². The summed E-state index contributed by atoms with van der Waals surface area (Å²) in [5.41, 5.74) is 2.91. The smallest absolute Gasteiger partial charge is 0.255 e. The van der Waals surface area contributed by atoms with E-state index >= 15 is 0 Å². The van der Waals surface area contributed by atoms with E-state index in [0.717, 1.165) is 16.7 Å². The summed E-state index contributed by atoms with van der Waals surface area (Å²) < 4.78 is 13.3.